The molecule has 0 amide bonds. The van der Waals surface area contributed by atoms with E-state index in [4.69, 9.17) is 26.7 Å². The smallest absolute Gasteiger partial charge is 0.161 e. The Morgan fingerprint density at radius 3 is 1.65 bits per heavy atom. The second-order valence-corrected chi connectivity index (χ2v) is 15.4. The van der Waals surface area contributed by atoms with Gasteiger partial charge in [0.2, 0.25) is 0 Å². The first-order chi connectivity index (χ1) is 40.6. The average molecular weight is 861 g/mol. The maximum Gasteiger partial charge on any atom is 0.161 e. The monoisotopic (exact) mass is 860 g/mol. The Kier molecular flexibility index (Phi) is 5.42. The van der Waals surface area contributed by atoms with Gasteiger partial charge in [-0.3, -0.25) is 0 Å². The van der Waals surface area contributed by atoms with Gasteiger partial charge in [-0.15, -0.1) is 0 Å². The van der Waals surface area contributed by atoms with E-state index >= 15 is 0 Å². The number of aromatic nitrogens is 3. The molecule has 0 N–H and O–H groups in total. The van der Waals surface area contributed by atoms with Crippen molar-refractivity contribution >= 4 is 54.5 Å². The van der Waals surface area contributed by atoms with Crippen molar-refractivity contribution in [3.05, 3.63) is 236 Å². The van der Waals surface area contributed by atoms with Crippen LogP contribution in [-0.2, 0) is 0 Å². The van der Waals surface area contributed by atoms with E-state index in [-0.39, 0.29) is 49.4 Å². The fourth-order valence-corrected chi connectivity index (χ4v) is 8.34. The van der Waals surface area contributed by atoms with E-state index < -0.39 is 148 Å². The highest BCUT2D eigenvalue weighted by atomic mass is 16.3. The van der Waals surface area contributed by atoms with Crippen molar-refractivity contribution in [2.75, 3.05) is 0 Å². The van der Waals surface area contributed by atoms with Gasteiger partial charge in [-0.25, -0.2) is 9.97 Å². The van der Waals surface area contributed by atoms with Crippen LogP contribution in [0.4, 0.5) is 0 Å². The summed E-state index contributed by atoms with van der Waals surface area (Å²) in [5.41, 5.74) is 2.47. The van der Waals surface area contributed by atoms with Gasteiger partial charge >= 0.3 is 0 Å². The van der Waals surface area contributed by atoms with Crippen LogP contribution >= 0.6 is 0 Å². The van der Waals surface area contributed by atoms with E-state index in [1.807, 2.05) is 109 Å². The zero-order valence-electron chi connectivity index (χ0n) is 53.3. The molecule has 66 heavy (non-hydrogen) atoms. The van der Waals surface area contributed by atoms with Crippen LogP contribution in [0.15, 0.2) is 241 Å². The molecular weight excluding hydrogens is 803 g/mol. The number of hydrogen-bond acceptors (Lipinski definition) is 3. The third kappa shape index (κ3) is 6.46. The molecule has 4 nitrogen and oxygen atoms in total. The maximum absolute atomic E-state index is 9.72. The van der Waals surface area contributed by atoms with Gasteiger partial charge in [0, 0.05) is 43.9 Å². The van der Waals surface area contributed by atoms with Crippen molar-refractivity contribution in [3.63, 3.8) is 0 Å². The van der Waals surface area contributed by atoms with Crippen LogP contribution in [0.5, 0.6) is 0 Å². The van der Waals surface area contributed by atoms with Crippen LogP contribution < -0.4 is 0 Å². The zero-order chi connectivity index (χ0) is 60.1. The predicted octanol–water partition coefficient (Wildman–Crippen LogP) is 16.6. The summed E-state index contributed by atoms with van der Waals surface area (Å²) < 4.78 is 181. The average Bonchev–Trinajstić information content (AvgIpc) is 1.67. The lowest BCUT2D eigenvalue weighted by molar-refractivity contribution is 0.669. The Bertz CT molecular complexity index is 4960. The minimum atomic E-state index is -0.882. The minimum absolute atomic E-state index is 0.115. The van der Waals surface area contributed by atoms with Crippen LogP contribution in [0.3, 0.4) is 0 Å². The molecule has 10 aromatic carbocycles. The number of hydrogen-bond donors (Lipinski definition) is 0. The number of nitrogens with zero attached hydrogens (tertiary/aromatic N) is 3. The molecule has 13 rings (SSSR count). The summed E-state index contributed by atoms with van der Waals surface area (Å²) in [4.78, 5) is 9.97. The highest BCUT2D eigenvalue weighted by molar-refractivity contribution is 6.14. The van der Waals surface area contributed by atoms with Crippen LogP contribution in [0, 0.1) is 0 Å². The molecule has 0 fully saturated rings. The molecule has 0 unspecified atom stereocenters. The minimum Gasteiger partial charge on any atom is -0.456 e. The lowest BCUT2D eigenvalue weighted by Gasteiger charge is -2.11. The van der Waals surface area contributed by atoms with Crippen molar-refractivity contribution in [1.82, 2.24) is 14.5 Å². The Morgan fingerprint density at radius 2 is 0.985 bits per heavy atom. The SMILES string of the molecule is [2H]c1cc2c(c([2H])c1[2H])c1c([2H])c3c([2H])c([2H])c([2H])c([2H])c3c([2H])c1n2-c1c([2H])c([2H])c(-c2c([2H])c([2H])c3c(oc4c([2H])c([2H])c([2H])c(-c5nc(-c6ccc(-c7ccccc7)cc6)cc(-c6ccc(-c7ccccc7)cc6)n5)c43)c2[2H])c([2H])c1[2H]. The van der Waals surface area contributed by atoms with Crippen molar-refractivity contribution in [2.45, 2.75) is 0 Å². The standard InChI is InChI=1S/C62H39N3O/c1-3-12-40(13-4-1)42-22-26-45(27-23-42)55-39-56(46-28-24-43(25-29-46)41-14-5-2-6-15-41)64-62(63-55)53-19-11-21-59-61(53)52-35-32-49(38-60(52)66-59)44-30-33-50(34-31-44)65-57-20-10-9-18-51(57)54-36-47-16-7-8-17-48(47)37-58(54)65/h1-39H/i7D,8D,9D,10D,11D,16D,17D,18D,19D,21D,30D,31D,32D,33D,34D,35D,36D,37D,38D. The van der Waals surface area contributed by atoms with Crippen LogP contribution in [0.25, 0.3) is 127 Å². The first-order valence-electron chi connectivity index (χ1n) is 30.3. The molecule has 3 aromatic heterocycles. The largest absolute Gasteiger partial charge is 0.456 e. The number of fused-ring (bicyclic) bond motifs is 7. The van der Waals surface area contributed by atoms with Gasteiger partial charge in [-0.1, -0.05) is 182 Å². The van der Waals surface area contributed by atoms with Gasteiger partial charge in [0.1, 0.15) is 11.2 Å². The summed E-state index contributed by atoms with van der Waals surface area (Å²) in [7, 11) is 0. The first-order valence-corrected chi connectivity index (χ1v) is 20.8. The van der Waals surface area contributed by atoms with E-state index in [2.05, 4.69) is 0 Å². The van der Waals surface area contributed by atoms with E-state index in [9.17, 15) is 13.7 Å². The maximum atomic E-state index is 9.72. The van der Waals surface area contributed by atoms with Gasteiger partial charge in [0.25, 0.3) is 0 Å². The van der Waals surface area contributed by atoms with Crippen LogP contribution in [-0.4, -0.2) is 14.5 Å². The molecule has 0 aliphatic carbocycles. The van der Waals surface area contributed by atoms with Gasteiger partial charge in [0.15, 0.2) is 5.82 Å². The number of para-hydroxylation sites is 1. The van der Waals surface area contributed by atoms with E-state index in [0.29, 0.717) is 22.5 Å². The van der Waals surface area contributed by atoms with Crippen molar-refractivity contribution in [2.24, 2.45) is 0 Å². The van der Waals surface area contributed by atoms with Crippen LogP contribution in [0.2, 0.25) is 0 Å². The van der Waals surface area contributed by atoms with Crippen LogP contribution in [0.1, 0.15) is 26.0 Å². The zero-order valence-corrected chi connectivity index (χ0v) is 34.3. The molecule has 0 saturated heterocycles. The molecule has 0 saturated carbocycles. The molecule has 308 valence electrons. The summed E-state index contributed by atoms with van der Waals surface area (Å²) in [5, 5.41) is -1.76. The molecule has 0 spiro atoms. The topological polar surface area (TPSA) is 43.9 Å². The summed E-state index contributed by atoms with van der Waals surface area (Å²) in [6.07, 6.45) is 0. The normalized spacial score (nSPS) is 15.7. The van der Waals surface area contributed by atoms with Crippen molar-refractivity contribution in [1.29, 1.82) is 0 Å². The molecule has 0 aliphatic rings. The second-order valence-electron chi connectivity index (χ2n) is 15.4. The summed E-state index contributed by atoms with van der Waals surface area (Å²) >= 11 is 0. The summed E-state index contributed by atoms with van der Waals surface area (Å²) in [6, 6.07) is 24.4. The second kappa shape index (κ2) is 15.4. The Balaban J connectivity index is 1.04. The Morgan fingerprint density at radius 1 is 0.394 bits per heavy atom. The lowest BCUT2D eigenvalue weighted by Crippen LogP contribution is -1.96. The van der Waals surface area contributed by atoms with Gasteiger partial charge in [-0.2, -0.15) is 0 Å². The highest BCUT2D eigenvalue weighted by Crippen LogP contribution is 2.40. The van der Waals surface area contributed by atoms with Gasteiger partial charge < -0.3 is 8.98 Å². The molecular formula is C62H39N3O. The third-order valence-corrected chi connectivity index (χ3v) is 11.5. The van der Waals surface area contributed by atoms with E-state index in [1.54, 1.807) is 6.07 Å². The molecule has 3 heterocycles. The van der Waals surface area contributed by atoms with E-state index in [1.165, 1.54) is 0 Å². The predicted molar refractivity (Wildman–Crippen MR) is 274 cm³/mol. The quantitative estimate of drug-likeness (QED) is 0.160. The lowest BCUT2D eigenvalue weighted by atomic mass is 9.99. The van der Waals surface area contributed by atoms with E-state index in [0.717, 1.165) is 32.9 Å². The summed E-state index contributed by atoms with van der Waals surface area (Å²) in [6.45, 7) is 0. The molecule has 0 radical (unpaired) electrons. The Hall–Kier alpha value is -8.86. The molecule has 4 heteroatoms. The fraction of sp³-hybridized carbons (Fsp3) is 0. The molecule has 0 bridgehead atoms. The van der Waals surface area contributed by atoms with Crippen molar-refractivity contribution in [3.8, 4) is 73.0 Å². The number of furan rings is 1. The van der Waals surface area contributed by atoms with Crippen molar-refractivity contribution < 1.29 is 30.5 Å². The molecule has 13 aromatic rings. The third-order valence-electron chi connectivity index (χ3n) is 11.5. The van der Waals surface area contributed by atoms with Gasteiger partial charge in [-0.05, 0) is 98.6 Å². The number of rotatable bonds is 7. The van der Waals surface area contributed by atoms with Gasteiger partial charge in [0.05, 0.1) is 48.5 Å². The fourth-order valence-electron chi connectivity index (χ4n) is 8.34. The Labute approximate surface area is 408 Å². The first kappa shape index (κ1) is 23.2. The molecule has 0 atom stereocenters. The molecule has 0 aliphatic heterocycles. The highest BCUT2D eigenvalue weighted by Gasteiger charge is 2.19. The summed E-state index contributed by atoms with van der Waals surface area (Å²) in [5.74, 6) is -0.115. The number of benzene rings is 10.